The summed E-state index contributed by atoms with van der Waals surface area (Å²) in [5, 5.41) is 3.28. The molecule has 18 heavy (non-hydrogen) atoms. The van der Waals surface area contributed by atoms with Crippen molar-refractivity contribution in [3.8, 4) is 0 Å². The Bertz CT molecular complexity index is 347. The minimum absolute atomic E-state index is 0.101. The first kappa shape index (κ1) is 15.1. The number of nitrogens with one attached hydrogen (secondary N) is 1. The van der Waals surface area contributed by atoms with E-state index in [9.17, 15) is 8.78 Å². The fourth-order valence-corrected chi connectivity index (χ4v) is 1.95. The average molecular weight is 256 g/mol. The largest absolute Gasteiger partial charge is 0.314 e. The van der Waals surface area contributed by atoms with E-state index in [1.807, 2.05) is 21.0 Å². The number of benzene rings is 1. The molecule has 1 N–H and O–H groups in total. The summed E-state index contributed by atoms with van der Waals surface area (Å²) in [5.74, 6) is -0.912. The van der Waals surface area contributed by atoms with Gasteiger partial charge < -0.3 is 10.2 Å². The van der Waals surface area contributed by atoms with Gasteiger partial charge in [0.2, 0.25) is 0 Å². The molecule has 0 spiro atoms. The van der Waals surface area contributed by atoms with Crippen molar-refractivity contribution in [2.45, 2.75) is 25.8 Å². The average Bonchev–Trinajstić information content (AvgIpc) is 2.30. The minimum atomic E-state index is -0.456. The Kier molecular flexibility index (Phi) is 6.22. The van der Waals surface area contributed by atoms with Gasteiger partial charge in [-0.3, -0.25) is 0 Å². The number of likely N-dealkylation sites (N-methyl/N-ethyl adjacent to an activating group) is 1. The first-order valence-corrected chi connectivity index (χ1v) is 6.35. The normalized spacial score (nSPS) is 13.0. The molecule has 0 fully saturated rings. The predicted octanol–water partition coefficient (Wildman–Crippen LogP) is 2.44. The van der Waals surface area contributed by atoms with E-state index in [0.29, 0.717) is 6.42 Å². The van der Waals surface area contributed by atoms with Crippen LogP contribution in [-0.4, -0.2) is 38.1 Å². The molecule has 0 amide bonds. The maximum absolute atomic E-state index is 13.6. The van der Waals surface area contributed by atoms with Gasteiger partial charge in [0, 0.05) is 11.6 Å². The lowest BCUT2D eigenvalue weighted by molar-refractivity contribution is 0.355. The van der Waals surface area contributed by atoms with Crippen molar-refractivity contribution in [2.75, 3.05) is 27.2 Å². The van der Waals surface area contributed by atoms with E-state index in [1.54, 1.807) is 0 Å². The maximum Gasteiger partial charge on any atom is 0.129 e. The van der Waals surface area contributed by atoms with Crippen molar-refractivity contribution in [2.24, 2.45) is 0 Å². The molecule has 1 rings (SSSR count). The van der Waals surface area contributed by atoms with Crippen LogP contribution in [0.2, 0.25) is 0 Å². The van der Waals surface area contributed by atoms with E-state index in [4.69, 9.17) is 0 Å². The third kappa shape index (κ3) is 4.70. The summed E-state index contributed by atoms with van der Waals surface area (Å²) < 4.78 is 27.1. The Morgan fingerprint density at radius 1 is 1.22 bits per heavy atom. The molecule has 2 nitrogen and oxygen atoms in total. The van der Waals surface area contributed by atoms with Gasteiger partial charge in [0.25, 0.3) is 0 Å². The van der Waals surface area contributed by atoms with E-state index in [0.717, 1.165) is 19.5 Å². The second-order valence-corrected chi connectivity index (χ2v) is 4.75. The summed E-state index contributed by atoms with van der Waals surface area (Å²) >= 11 is 0. The van der Waals surface area contributed by atoms with E-state index in [-0.39, 0.29) is 11.6 Å². The van der Waals surface area contributed by atoms with E-state index >= 15 is 0 Å². The molecule has 102 valence electrons. The molecule has 0 aromatic heterocycles. The van der Waals surface area contributed by atoms with Crippen LogP contribution in [0.3, 0.4) is 0 Å². The van der Waals surface area contributed by atoms with Crippen molar-refractivity contribution in [3.05, 3.63) is 35.4 Å². The van der Waals surface area contributed by atoms with Crippen molar-refractivity contribution >= 4 is 0 Å². The third-order valence-electron chi connectivity index (χ3n) is 2.93. The maximum atomic E-state index is 13.6. The number of rotatable bonds is 7. The van der Waals surface area contributed by atoms with E-state index in [2.05, 4.69) is 10.2 Å². The van der Waals surface area contributed by atoms with Gasteiger partial charge in [-0.2, -0.15) is 0 Å². The standard InChI is InChI=1S/C14H22F2N2/c1-4-17-11(8-9-18(2)3)10-12-13(15)6-5-7-14(12)16/h5-7,11,17H,4,8-10H2,1-3H3. The quantitative estimate of drug-likeness (QED) is 0.806. The molecule has 4 heteroatoms. The topological polar surface area (TPSA) is 15.3 Å². The summed E-state index contributed by atoms with van der Waals surface area (Å²) in [7, 11) is 3.99. The van der Waals surface area contributed by atoms with Crippen LogP contribution in [0.4, 0.5) is 8.78 Å². The Hall–Kier alpha value is -1.00. The first-order chi connectivity index (χ1) is 8.54. The van der Waals surface area contributed by atoms with Crippen LogP contribution >= 0.6 is 0 Å². The fourth-order valence-electron chi connectivity index (χ4n) is 1.95. The smallest absolute Gasteiger partial charge is 0.129 e. The highest BCUT2D eigenvalue weighted by molar-refractivity contribution is 5.20. The van der Waals surface area contributed by atoms with E-state index < -0.39 is 11.6 Å². The summed E-state index contributed by atoms with van der Waals surface area (Å²) in [6.07, 6.45) is 1.26. The van der Waals surface area contributed by atoms with Crippen LogP contribution in [0.25, 0.3) is 0 Å². The highest BCUT2D eigenvalue weighted by Crippen LogP contribution is 2.15. The molecule has 0 radical (unpaired) electrons. The summed E-state index contributed by atoms with van der Waals surface area (Å²) in [6, 6.07) is 4.13. The lowest BCUT2D eigenvalue weighted by atomic mass is 10.0. The zero-order valence-electron chi connectivity index (χ0n) is 11.3. The molecule has 0 aliphatic heterocycles. The monoisotopic (exact) mass is 256 g/mol. The van der Waals surface area contributed by atoms with Gasteiger partial charge in [0.15, 0.2) is 0 Å². The summed E-state index contributed by atoms with van der Waals surface area (Å²) in [5.41, 5.74) is 0.183. The van der Waals surface area contributed by atoms with Gasteiger partial charge in [-0.25, -0.2) is 8.78 Å². The number of halogens is 2. The molecule has 0 bridgehead atoms. The molecule has 0 saturated carbocycles. The van der Waals surface area contributed by atoms with Crippen LogP contribution in [-0.2, 0) is 6.42 Å². The minimum Gasteiger partial charge on any atom is -0.314 e. The molecular weight excluding hydrogens is 234 g/mol. The highest BCUT2D eigenvalue weighted by atomic mass is 19.1. The van der Waals surface area contributed by atoms with Gasteiger partial charge in [-0.15, -0.1) is 0 Å². The van der Waals surface area contributed by atoms with Gasteiger partial charge in [0.05, 0.1) is 0 Å². The second-order valence-electron chi connectivity index (χ2n) is 4.75. The molecule has 0 aliphatic rings. The molecule has 0 aliphatic carbocycles. The Morgan fingerprint density at radius 3 is 2.33 bits per heavy atom. The van der Waals surface area contributed by atoms with Gasteiger partial charge in [0.1, 0.15) is 11.6 Å². The summed E-state index contributed by atoms with van der Waals surface area (Å²) in [6.45, 7) is 3.70. The number of hydrogen-bond acceptors (Lipinski definition) is 2. The zero-order chi connectivity index (χ0) is 13.5. The third-order valence-corrected chi connectivity index (χ3v) is 2.93. The van der Waals surface area contributed by atoms with Crippen molar-refractivity contribution in [3.63, 3.8) is 0 Å². The Labute approximate surface area is 108 Å². The molecule has 1 aromatic carbocycles. The van der Waals surface area contributed by atoms with Crippen molar-refractivity contribution in [1.82, 2.24) is 10.2 Å². The van der Waals surface area contributed by atoms with Gasteiger partial charge in [-0.1, -0.05) is 13.0 Å². The molecule has 1 aromatic rings. The van der Waals surface area contributed by atoms with Crippen LogP contribution in [0.1, 0.15) is 18.9 Å². The Balaban J connectivity index is 2.70. The van der Waals surface area contributed by atoms with Crippen LogP contribution in [0.5, 0.6) is 0 Å². The summed E-state index contributed by atoms with van der Waals surface area (Å²) in [4.78, 5) is 2.07. The molecule has 0 heterocycles. The molecule has 1 atom stereocenters. The number of nitrogens with zero attached hydrogens (tertiary/aromatic N) is 1. The predicted molar refractivity (Wildman–Crippen MR) is 70.7 cm³/mol. The van der Waals surface area contributed by atoms with Crippen molar-refractivity contribution in [1.29, 1.82) is 0 Å². The van der Waals surface area contributed by atoms with Gasteiger partial charge >= 0.3 is 0 Å². The fraction of sp³-hybridized carbons (Fsp3) is 0.571. The van der Waals surface area contributed by atoms with Gasteiger partial charge in [-0.05, 0) is 52.2 Å². The zero-order valence-corrected chi connectivity index (χ0v) is 11.3. The van der Waals surface area contributed by atoms with E-state index in [1.165, 1.54) is 18.2 Å². The Morgan fingerprint density at radius 2 is 1.83 bits per heavy atom. The van der Waals surface area contributed by atoms with Crippen LogP contribution < -0.4 is 5.32 Å². The van der Waals surface area contributed by atoms with Crippen LogP contribution in [0.15, 0.2) is 18.2 Å². The first-order valence-electron chi connectivity index (χ1n) is 6.35. The lowest BCUT2D eigenvalue weighted by Gasteiger charge is -2.20. The molecule has 1 unspecified atom stereocenters. The number of hydrogen-bond donors (Lipinski definition) is 1. The van der Waals surface area contributed by atoms with Crippen LogP contribution in [0, 0.1) is 11.6 Å². The molecule has 0 saturated heterocycles. The highest BCUT2D eigenvalue weighted by Gasteiger charge is 2.15. The van der Waals surface area contributed by atoms with Crippen molar-refractivity contribution < 1.29 is 8.78 Å². The second kappa shape index (κ2) is 7.44. The SMILES string of the molecule is CCNC(CCN(C)C)Cc1c(F)cccc1F. The molecular formula is C14H22F2N2. The lowest BCUT2D eigenvalue weighted by Crippen LogP contribution is -2.34.